The standard InChI is InChI=1S/C17H17N3S.C6H6O3S/c1-3-7-15-13(5-1)17(20-11-9-18-10-12-20)19-14-6-2-4-8-16(14)21-15;7-10(8,9)6-4-2-1-3-5-6/h1-8,18H,9-12H2;1-5H,(H,7,8,9). The van der Waals surface area contributed by atoms with Gasteiger partial charge in [0.05, 0.1) is 10.6 Å². The third-order valence-electron chi connectivity index (χ3n) is 4.90. The van der Waals surface area contributed by atoms with Crippen molar-refractivity contribution in [2.24, 2.45) is 4.99 Å². The van der Waals surface area contributed by atoms with Crippen molar-refractivity contribution in [2.75, 3.05) is 26.2 Å². The summed E-state index contributed by atoms with van der Waals surface area (Å²) < 4.78 is 29.2. The van der Waals surface area contributed by atoms with Crippen LogP contribution in [0.5, 0.6) is 0 Å². The topological polar surface area (TPSA) is 82.0 Å². The number of fused-ring (bicyclic) bond motifs is 2. The zero-order valence-corrected chi connectivity index (χ0v) is 18.4. The predicted octanol–water partition coefficient (Wildman–Crippen LogP) is 4.07. The highest BCUT2D eigenvalue weighted by molar-refractivity contribution is 7.99. The molecule has 2 heterocycles. The average Bonchev–Trinajstić information content (AvgIpc) is 2.97. The first-order valence-corrected chi connectivity index (χ1v) is 12.2. The molecule has 8 heteroatoms. The number of amidine groups is 1. The summed E-state index contributed by atoms with van der Waals surface area (Å²) in [6, 6.07) is 24.4. The monoisotopic (exact) mass is 453 g/mol. The Balaban J connectivity index is 0.000000196. The van der Waals surface area contributed by atoms with Gasteiger partial charge in [0.1, 0.15) is 5.84 Å². The Morgan fingerprint density at radius 2 is 1.45 bits per heavy atom. The molecule has 0 bridgehead atoms. The summed E-state index contributed by atoms with van der Waals surface area (Å²) in [5.41, 5.74) is 2.33. The molecule has 0 atom stereocenters. The van der Waals surface area contributed by atoms with Crippen molar-refractivity contribution in [3.8, 4) is 0 Å². The van der Waals surface area contributed by atoms with Crippen LogP contribution < -0.4 is 5.32 Å². The second-order valence-corrected chi connectivity index (χ2v) is 9.53. The summed E-state index contributed by atoms with van der Waals surface area (Å²) in [6.07, 6.45) is 0. The van der Waals surface area contributed by atoms with Gasteiger partial charge >= 0.3 is 0 Å². The fourth-order valence-electron chi connectivity index (χ4n) is 3.38. The molecule has 0 radical (unpaired) electrons. The van der Waals surface area contributed by atoms with E-state index in [4.69, 9.17) is 9.55 Å². The molecule has 1 saturated heterocycles. The number of para-hydroxylation sites is 1. The lowest BCUT2D eigenvalue weighted by atomic mass is 10.1. The van der Waals surface area contributed by atoms with Crippen LogP contribution >= 0.6 is 11.8 Å². The highest BCUT2D eigenvalue weighted by atomic mass is 32.2. The van der Waals surface area contributed by atoms with Gasteiger partial charge in [-0.25, -0.2) is 4.99 Å². The predicted molar refractivity (Wildman–Crippen MR) is 124 cm³/mol. The third-order valence-corrected chi connectivity index (χ3v) is 6.91. The number of piperazine rings is 1. The molecule has 2 N–H and O–H groups in total. The Labute approximate surface area is 186 Å². The van der Waals surface area contributed by atoms with Crippen LogP contribution in [0.15, 0.2) is 98.5 Å². The van der Waals surface area contributed by atoms with Crippen LogP contribution in [0.25, 0.3) is 0 Å². The normalized spacial score (nSPS) is 15.5. The Kier molecular flexibility index (Phi) is 6.72. The number of hydrogen-bond acceptors (Lipinski definition) is 6. The van der Waals surface area contributed by atoms with Crippen molar-refractivity contribution < 1.29 is 13.0 Å². The van der Waals surface area contributed by atoms with E-state index < -0.39 is 10.1 Å². The summed E-state index contributed by atoms with van der Waals surface area (Å²) >= 11 is 1.81. The maximum absolute atomic E-state index is 10.4. The molecule has 31 heavy (non-hydrogen) atoms. The molecular weight excluding hydrogens is 430 g/mol. The minimum atomic E-state index is -4.00. The van der Waals surface area contributed by atoms with Crippen molar-refractivity contribution in [3.05, 3.63) is 84.4 Å². The Bertz CT molecular complexity index is 1180. The summed E-state index contributed by atoms with van der Waals surface area (Å²) in [6.45, 7) is 4.08. The minimum Gasteiger partial charge on any atom is -0.354 e. The highest BCUT2D eigenvalue weighted by Crippen LogP contribution is 2.40. The van der Waals surface area contributed by atoms with Crippen LogP contribution in [-0.2, 0) is 10.1 Å². The zero-order chi connectivity index (χ0) is 21.7. The van der Waals surface area contributed by atoms with Gasteiger partial charge in [-0.3, -0.25) is 4.55 Å². The van der Waals surface area contributed by atoms with Crippen LogP contribution in [0, 0.1) is 0 Å². The molecular formula is C23H23N3O3S2. The second kappa shape index (κ2) is 9.65. The van der Waals surface area contributed by atoms with E-state index in [2.05, 4.69) is 58.7 Å². The van der Waals surface area contributed by atoms with Gasteiger partial charge in [-0.1, -0.05) is 60.3 Å². The van der Waals surface area contributed by atoms with E-state index in [0.717, 1.165) is 37.7 Å². The molecule has 2 aliphatic rings. The fourth-order valence-corrected chi connectivity index (χ4v) is 4.90. The molecule has 0 spiro atoms. The molecule has 0 unspecified atom stereocenters. The van der Waals surface area contributed by atoms with E-state index in [-0.39, 0.29) is 4.90 Å². The van der Waals surface area contributed by atoms with Gasteiger partial charge in [0, 0.05) is 41.5 Å². The first-order valence-electron chi connectivity index (χ1n) is 9.95. The van der Waals surface area contributed by atoms with Crippen molar-refractivity contribution in [2.45, 2.75) is 14.7 Å². The smallest absolute Gasteiger partial charge is 0.294 e. The summed E-state index contributed by atoms with van der Waals surface area (Å²) in [4.78, 5) is 9.85. The molecule has 1 fully saturated rings. The maximum Gasteiger partial charge on any atom is 0.294 e. The fraction of sp³-hybridized carbons (Fsp3) is 0.174. The maximum atomic E-state index is 10.4. The van der Waals surface area contributed by atoms with E-state index in [1.165, 1.54) is 27.5 Å². The molecule has 0 saturated carbocycles. The van der Waals surface area contributed by atoms with Crippen molar-refractivity contribution in [1.29, 1.82) is 0 Å². The SMILES string of the molecule is O=S(=O)(O)c1ccccc1.c1ccc2c(c1)N=C(N1CCNCC1)c1ccccc1S2. The van der Waals surface area contributed by atoms with Gasteiger partial charge in [0.25, 0.3) is 10.1 Å². The summed E-state index contributed by atoms with van der Waals surface area (Å²) in [5.74, 6) is 1.12. The number of nitrogens with zero attached hydrogens (tertiary/aromatic N) is 2. The Morgan fingerprint density at radius 1 is 0.839 bits per heavy atom. The quantitative estimate of drug-likeness (QED) is 0.541. The Morgan fingerprint density at radius 3 is 2.13 bits per heavy atom. The van der Waals surface area contributed by atoms with E-state index >= 15 is 0 Å². The van der Waals surface area contributed by atoms with Crippen LogP contribution in [-0.4, -0.2) is 49.9 Å². The second-order valence-electron chi connectivity index (χ2n) is 7.03. The first kappa shape index (κ1) is 21.6. The molecule has 2 aliphatic heterocycles. The van der Waals surface area contributed by atoms with E-state index in [1.807, 2.05) is 11.8 Å². The lowest BCUT2D eigenvalue weighted by molar-refractivity contribution is 0.358. The largest absolute Gasteiger partial charge is 0.354 e. The number of benzene rings is 3. The summed E-state index contributed by atoms with van der Waals surface area (Å²) in [5, 5.41) is 3.41. The van der Waals surface area contributed by atoms with Crippen molar-refractivity contribution in [3.63, 3.8) is 0 Å². The first-order chi connectivity index (χ1) is 15.0. The van der Waals surface area contributed by atoms with Gasteiger partial charge in [0.2, 0.25) is 0 Å². The molecule has 160 valence electrons. The van der Waals surface area contributed by atoms with Gasteiger partial charge in [-0.15, -0.1) is 0 Å². The van der Waals surface area contributed by atoms with E-state index in [1.54, 1.807) is 18.2 Å². The van der Waals surface area contributed by atoms with E-state index in [0.29, 0.717) is 0 Å². The molecule has 3 aromatic rings. The molecule has 3 aromatic carbocycles. The number of rotatable bonds is 1. The van der Waals surface area contributed by atoms with Crippen LogP contribution in [0.4, 0.5) is 5.69 Å². The zero-order valence-electron chi connectivity index (χ0n) is 16.8. The minimum absolute atomic E-state index is 0.0741. The molecule has 0 amide bonds. The van der Waals surface area contributed by atoms with Crippen LogP contribution in [0.1, 0.15) is 5.56 Å². The van der Waals surface area contributed by atoms with Crippen LogP contribution in [0.3, 0.4) is 0 Å². The van der Waals surface area contributed by atoms with Crippen LogP contribution in [0.2, 0.25) is 0 Å². The van der Waals surface area contributed by atoms with Gasteiger partial charge < -0.3 is 10.2 Å². The van der Waals surface area contributed by atoms with Crippen molar-refractivity contribution in [1.82, 2.24) is 10.2 Å². The Hall–Kier alpha value is -2.65. The number of nitrogens with one attached hydrogen (secondary N) is 1. The number of aliphatic imine (C=N–C) groups is 1. The average molecular weight is 454 g/mol. The highest BCUT2D eigenvalue weighted by Gasteiger charge is 2.22. The van der Waals surface area contributed by atoms with E-state index in [9.17, 15) is 8.42 Å². The molecule has 0 aliphatic carbocycles. The number of hydrogen-bond donors (Lipinski definition) is 2. The van der Waals surface area contributed by atoms with Crippen molar-refractivity contribution >= 4 is 33.4 Å². The van der Waals surface area contributed by atoms with Gasteiger partial charge in [0.15, 0.2) is 0 Å². The molecule has 0 aromatic heterocycles. The lowest BCUT2D eigenvalue weighted by Crippen LogP contribution is -2.46. The molecule has 6 nitrogen and oxygen atoms in total. The lowest BCUT2D eigenvalue weighted by Gasteiger charge is -2.30. The van der Waals surface area contributed by atoms with Gasteiger partial charge in [-0.05, 0) is 30.3 Å². The third kappa shape index (κ3) is 5.34. The molecule has 5 rings (SSSR count). The van der Waals surface area contributed by atoms with Gasteiger partial charge in [-0.2, -0.15) is 8.42 Å². The summed E-state index contributed by atoms with van der Waals surface area (Å²) in [7, 11) is -4.00.